The van der Waals surface area contributed by atoms with Gasteiger partial charge < -0.3 is 4.74 Å². The maximum atomic E-state index is 5.33. The smallest absolute Gasteiger partial charge is 0.0605 e. The molecule has 0 fully saturated rings. The van der Waals surface area contributed by atoms with Crippen LogP contribution in [-0.4, -0.2) is 37.1 Å². The van der Waals surface area contributed by atoms with Gasteiger partial charge in [-0.3, -0.25) is 0 Å². The van der Waals surface area contributed by atoms with Crippen LogP contribution in [0.25, 0.3) is 0 Å². The first kappa shape index (κ1) is 37.3. The largest absolute Gasteiger partial charge is 0.381 e. The van der Waals surface area contributed by atoms with Crippen LogP contribution >= 0.6 is 0 Å². The van der Waals surface area contributed by atoms with Gasteiger partial charge in [0.15, 0.2) is 0 Å². The van der Waals surface area contributed by atoms with Crippen LogP contribution in [0.15, 0.2) is 12.7 Å². The van der Waals surface area contributed by atoms with E-state index in [1.54, 1.807) is 7.11 Å². The molecular formula is C24H54OSn. The zero-order chi connectivity index (χ0) is 20.2. The molecule has 2 heteroatoms. The van der Waals surface area contributed by atoms with Gasteiger partial charge in [-0.25, -0.2) is 0 Å². The summed E-state index contributed by atoms with van der Waals surface area (Å²) < 4.78 is 5.33. The van der Waals surface area contributed by atoms with E-state index >= 15 is 0 Å². The third-order valence-electron chi connectivity index (χ3n) is 3.89. The Morgan fingerprint density at radius 1 is 0.654 bits per heavy atom. The summed E-state index contributed by atoms with van der Waals surface area (Å²) in [6, 6.07) is 0. The Hall–Kier alpha value is 0.499. The topological polar surface area (TPSA) is 9.23 Å². The Morgan fingerprint density at radius 2 is 1.04 bits per heavy atom. The molecule has 0 heterocycles. The van der Waals surface area contributed by atoms with Crippen LogP contribution in [0.4, 0.5) is 0 Å². The summed E-state index contributed by atoms with van der Waals surface area (Å²) in [5, 5.41) is 0. The van der Waals surface area contributed by atoms with Crippen molar-refractivity contribution in [1.29, 1.82) is 0 Å². The van der Waals surface area contributed by atoms with E-state index in [0.29, 0.717) is 6.10 Å². The number of hydrogen-bond acceptors (Lipinski definition) is 1. The Morgan fingerprint density at radius 3 is 1.31 bits per heavy atom. The van der Waals surface area contributed by atoms with Crippen molar-refractivity contribution in [3.63, 3.8) is 0 Å². The predicted octanol–water partition coefficient (Wildman–Crippen LogP) is 8.98. The monoisotopic (exact) mass is 478 g/mol. The van der Waals surface area contributed by atoms with E-state index in [-0.39, 0.29) is 23.9 Å². The minimum Gasteiger partial charge on any atom is -0.381 e. The molecular weight excluding hydrogens is 423 g/mol. The first-order valence-electron chi connectivity index (χ1n) is 11.2. The second kappa shape index (κ2) is 44.7. The molecule has 0 spiro atoms. The van der Waals surface area contributed by atoms with Gasteiger partial charge in [-0.1, -0.05) is 125 Å². The van der Waals surface area contributed by atoms with E-state index in [4.69, 9.17) is 4.74 Å². The average Bonchev–Trinajstić information content (AvgIpc) is 2.67. The normalized spacial score (nSPS) is 9.85. The van der Waals surface area contributed by atoms with E-state index < -0.39 is 0 Å². The first-order valence-corrected chi connectivity index (χ1v) is 11.2. The van der Waals surface area contributed by atoms with Crippen molar-refractivity contribution in [2.75, 3.05) is 7.11 Å². The molecule has 4 radical (unpaired) electrons. The zero-order valence-corrected chi connectivity index (χ0v) is 22.8. The molecule has 0 aliphatic heterocycles. The van der Waals surface area contributed by atoms with Gasteiger partial charge in [-0.2, -0.15) is 0 Å². The molecule has 1 nitrogen and oxygen atoms in total. The predicted molar refractivity (Wildman–Crippen MR) is 126 cm³/mol. The molecule has 0 bridgehead atoms. The first-order chi connectivity index (χ1) is 12.1. The van der Waals surface area contributed by atoms with E-state index in [0.717, 1.165) is 6.42 Å². The van der Waals surface area contributed by atoms with Crippen LogP contribution in [0, 0.1) is 0 Å². The number of unbranched alkanes of at least 4 members (excludes halogenated alkanes) is 7. The SMILES string of the molecule is C=CCC(CCCCCCC)OC.CCCC.CCCC.CCCC.[Sn]. The summed E-state index contributed by atoms with van der Waals surface area (Å²) in [4.78, 5) is 0. The van der Waals surface area contributed by atoms with Crippen molar-refractivity contribution in [3.05, 3.63) is 12.7 Å². The average molecular weight is 477 g/mol. The number of methoxy groups -OCH3 is 1. The third-order valence-corrected chi connectivity index (χ3v) is 3.89. The molecule has 0 aromatic heterocycles. The Balaban J connectivity index is -0.0000000933. The maximum Gasteiger partial charge on any atom is 0.0605 e. The van der Waals surface area contributed by atoms with Crippen molar-refractivity contribution in [2.45, 2.75) is 138 Å². The van der Waals surface area contributed by atoms with Gasteiger partial charge in [0.05, 0.1) is 6.10 Å². The van der Waals surface area contributed by atoms with Gasteiger partial charge in [0.1, 0.15) is 0 Å². The van der Waals surface area contributed by atoms with Crippen molar-refractivity contribution in [2.24, 2.45) is 0 Å². The third kappa shape index (κ3) is 56.3. The Kier molecular flexibility index (Phi) is 64.1. The van der Waals surface area contributed by atoms with Crippen LogP contribution < -0.4 is 0 Å². The molecule has 0 aliphatic rings. The standard InChI is InChI=1S/C12H24O.3C4H10.Sn/c1-4-6-7-8-9-11-12(13-3)10-5-2;3*1-3-4-2;/h5,12H,2,4,6-11H2,1,3H3;3*3-4H2,1-2H3;. The Labute approximate surface area is 186 Å². The minimum absolute atomic E-state index is 0. The molecule has 0 rings (SSSR count). The van der Waals surface area contributed by atoms with E-state index in [9.17, 15) is 0 Å². The van der Waals surface area contributed by atoms with E-state index in [1.807, 2.05) is 6.08 Å². The van der Waals surface area contributed by atoms with E-state index in [1.165, 1.54) is 77.0 Å². The van der Waals surface area contributed by atoms with Gasteiger partial charge in [0, 0.05) is 31.0 Å². The fourth-order valence-electron chi connectivity index (χ4n) is 1.49. The molecule has 0 saturated heterocycles. The second-order valence-electron chi connectivity index (χ2n) is 6.58. The second-order valence-corrected chi connectivity index (χ2v) is 6.58. The summed E-state index contributed by atoms with van der Waals surface area (Å²) in [5.41, 5.74) is 0. The van der Waals surface area contributed by atoms with Gasteiger partial charge in [-0.15, -0.1) is 6.58 Å². The summed E-state index contributed by atoms with van der Waals surface area (Å²) in [6.45, 7) is 19.1. The quantitative estimate of drug-likeness (QED) is 0.155. The molecule has 0 amide bonds. The molecule has 0 N–H and O–H groups in total. The molecule has 26 heavy (non-hydrogen) atoms. The van der Waals surface area contributed by atoms with Crippen LogP contribution in [0.2, 0.25) is 0 Å². The molecule has 1 unspecified atom stereocenters. The molecule has 0 aliphatic carbocycles. The van der Waals surface area contributed by atoms with Crippen LogP contribution in [0.1, 0.15) is 132 Å². The summed E-state index contributed by atoms with van der Waals surface area (Å²) in [5.74, 6) is 0. The fourth-order valence-corrected chi connectivity index (χ4v) is 1.49. The molecule has 0 aromatic rings. The van der Waals surface area contributed by atoms with E-state index in [2.05, 4.69) is 55.0 Å². The van der Waals surface area contributed by atoms with Crippen molar-refractivity contribution < 1.29 is 4.74 Å². The van der Waals surface area contributed by atoms with Crippen LogP contribution in [0.3, 0.4) is 0 Å². The van der Waals surface area contributed by atoms with Crippen LogP contribution in [0.5, 0.6) is 0 Å². The fraction of sp³-hybridized carbons (Fsp3) is 0.917. The van der Waals surface area contributed by atoms with Crippen molar-refractivity contribution >= 4 is 23.9 Å². The Bertz CT molecular complexity index is 168. The minimum atomic E-state index is 0. The van der Waals surface area contributed by atoms with Crippen LogP contribution in [-0.2, 0) is 4.74 Å². The number of ether oxygens (including phenoxy) is 1. The molecule has 0 saturated carbocycles. The van der Waals surface area contributed by atoms with Crippen molar-refractivity contribution in [3.8, 4) is 0 Å². The molecule has 1 atom stereocenters. The maximum absolute atomic E-state index is 5.33. The van der Waals surface area contributed by atoms with Gasteiger partial charge >= 0.3 is 0 Å². The molecule has 0 aromatic carbocycles. The zero-order valence-electron chi connectivity index (χ0n) is 20.0. The summed E-state index contributed by atoms with van der Waals surface area (Å²) in [7, 11) is 1.79. The van der Waals surface area contributed by atoms with Gasteiger partial charge in [-0.05, 0) is 12.8 Å². The summed E-state index contributed by atoms with van der Waals surface area (Å²) in [6.07, 6.45) is 19.2. The van der Waals surface area contributed by atoms with Gasteiger partial charge in [0.2, 0.25) is 0 Å². The molecule has 160 valence electrons. The van der Waals surface area contributed by atoms with Crippen molar-refractivity contribution in [1.82, 2.24) is 0 Å². The summed E-state index contributed by atoms with van der Waals surface area (Å²) >= 11 is 0. The van der Waals surface area contributed by atoms with Gasteiger partial charge in [0.25, 0.3) is 0 Å². The number of hydrogen-bond donors (Lipinski definition) is 0. The number of rotatable bonds is 12.